The summed E-state index contributed by atoms with van der Waals surface area (Å²) in [7, 11) is 0. The van der Waals surface area contributed by atoms with E-state index in [4.69, 9.17) is 16.1 Å². The molecular weight excluding hydrogens is 212 g/mol. The summed E-state index contributed by atoms with van der Waals surface area (Å²) in [5.41, 5.74) is 5.83. The van der Waals surface area contributed by atoms with Crippen molar-refractivity contribution in [2.24, 2.45) is 5.73 Å². The van der Waals surface area contributed by atoms with Crippen molar-refractivity contribution in [2.75, 3.05) is 0 Å². The van der Waals surface area contributed by atoms with E-state index in [0.717, 1.165) is 17.7 Å². The first-order valence-electron chi connectivity index (χ1n) is 4.57. The van der Waals surface area contributed by atoms with Crippen molar-refractivity contribution in [1.29, 1.82) is 5.26 Å². The van der Waals surface area contributed by atoms with Crippen LogP contribution in [0.2, 0.25) is 0 Å². The molecule has 1 heterocycles. The Labute approximate surface area is 90.9 Å². The molecule has 1 unspecified atom stereocenters. The van der Waals surface area contributed by atoms with E-state index >= 15 is 0 Å². The molecule has 1 aromatic heterocycles. The van der Waals surface area contributed by atoms with Crippen molar-refractivity contribution in [3.63, 3.8) is 0 Å². The van der Waals surface area contributed by atoms with Gasteiger partial charge in [0.15, 0.2) is 0 Å². The molecule has 3 N–H and O–H groups in total. The Hall–Kier alpha value is -1.38. The van der Waals surface area contributed by atoms with E-state index in [0.29, 0.717) is 5.56 Å². The number of aliphatic carboxylic acids is 1. The fourth-order valence-corrected chi connectivity index (χ4v) is 2.87. The number of carbonyl (C=O) groups is 1. The number of hydrogen-bond acceptors (Lipinski definition) is 4. The quantitative estimate of drug-likeness (QED) is 0.800. The third kappa shape index (κ3) is 1.52. The van der Waals surface area contributed by atoms with Gasteiger partial charge in [-0.05, 0) is 18.9 Å². The molecule has 2 rings (SSSR count). The minimum atomic E-state index is -0.973. The van der Waals surface area contributed by atoms with Crippen LogP contribution in [-0.4, -0.2) is 17.1 Å². The van der Waals surface area contributed by atoms with Crippen LogP contribution in [0.1, 0.15) is 23.3 Å². The van der Waals surface area contributed by atoms with Gasteiger partial charge >= 0.3 is 5.97 Å². The van der Waals surface area contributed by atoms with Crippen LogP contribution in [0.3, 0.4) is 0 Å². The molecule has 78 valence electrons. The zero-order valence-electron chi connectivity index (χ0n) is 7.93. The van der Waals surface area contributed by atoms with Gasteiger partial charge in [0, 0.05) is 15.7 Å². The minimum Gasteiger partial charge on any atom is -0.480 e. The average molecular weight is 222 g/mol. The Bertz CT molecular complexity index is 443. The van der Waals surface area contributed by atoms with Crippen LogP contribution >= 0.6 is 11.3 Å². The molecular formula is C10H10N2O2S. The van der Waals surface area contributed by atoms with Crippen LogP contribution in [0.5, 0.6) is 0 Å². The van der Waals surface area contributed by atoms with Gasteiger partial charge in [0.25, 0.3) is 0 Å². The van der Waals surface area contributed by atoms with Crippen molar-refractivity contribution >= 4 is 17.3 Å². The molecule has 0 aromatic carbocycles. The van der Waals surface area contributed by atoms with Crippen molar-refractivity contribution < 1.29 is 9.90 Å². The largest absolute Gasteiger partial charge is 0.480 e. The van der Waals surface area contributed by atoms with Crippen molar-refractivity contribution in [1.82, 2.24) is 0 Å². The highest BCUT2D eigenvalue weighted by atomic mass is 32.1. The van der Waals surface area contributed by atoms with Crippen LogP contribution in [0.25, 0.3) is 0 Å². The summed E-state index contributed by atoms with van der Waals surface area (Å²) in [6.07, 6.45) is 1.59. The summed E-state index contributed by atoms with van der Waals surface area (Å²) in [5, 5.41) is 19.3. The lowest BCUT2D eigenvalue weighted by Gasteiger charge is -2.17. The highest BCUT2D eigenvalue weighted by Gasteiger charge is 2.53. The molecule has 15 heavy (non-hydrogen) atoms. The number of hydrogen-bond donors (Lipinski definition) is 2. The summed E-state index contributed by atoms with van der Waals surface area (Å²) < 4.78 is 0. The van der Waals surface area contributed by atoms with Gasteiger partial charge in [0.05, 0.1) is 5.56 Å². The van der Waals surface area contributed by atoms with Crippen molar-refractivity contribution in [3.05, 3.63) is 21.9 Å². The molecule has 4 nitrogen and oxygen atoms in total. The van der Waals surface area contributed by atoms with Gasteiger partial charge in [0.2, 0.25) is 0 Å². The summed E-state index contributed by atoms with van der Waals surface area (Å²) in [6, 6.07) is 2.93. The molecule has 1 atom stereocenters. The molecule has 1 aliphatic carbocycles. The summed E-state index contributed by atoms with van der Waals surface area (Å²) >= 11 is 1.42. The number of nitrogens with zero attached hydrogens (tertiary/aromatic N) is 1. The monoisotopic (exact) mass is 222 g/mol. The van der Waals surface area contributed by atoms with E-state index in [1.807, 2.05) is 6.07 Å². The second-order valence-corrected chi connectivity index (χ2v) is 4.69. The standard InChI is InChI=1S/C10H10N2O2S/c11-4-6-3-7(15-5-6)10(1-2-10)8(12)9(13)14/h3,5,8H,1-2,12H2,(H,13,14). The molecule has 1 saturated carbocycles. The van der Waals surface area contributed by atoms with Gasteiger partial charge in [-0.2, -0.15) is 5.26 Å². The van der Waals surface area contributed by atoms with Crippen LogP contribution < -0.4 is 5.73 Å². The Morgan fingerprint density at radius 3 is 2.80 bits per heavy atom. The summed E-state index contributed by atoms with van der Waals surface area (Å²) in [5.74, 6) is -0.973. The third-order valence-corrected chi connectivity index (χ3v) is 4.02. The lowest BCUT2D eigenvalue weighted by atomic mass is 9.95. The Balaban J connectivity index is 2.31. The molecule has 0 saturated heterocycles. The van der Waals surface area contributed by atoms with Gasteiger partial charge in [0.1, 0.15) is 12.1 Å². The van der Waals surface area contributed by atoms with E-state index in [9.17, 15) is 4.79 Å². The van der Waals surface area contributed by atoms with E-state index in [1.165, 1.54) is 11.3 Å². The average Bonchev–Trinajstić information content (AvgIpc) is 2.88. The smallest absolute Gasteiger partial charge is 0.321 e. The van der Waals surface area contributed by atoms with E-state index in [2.05, 4.69) is 0 Å². The normalized spacial score (nSPS) is 19.2. The van der Waals surface area contributed by atoms with Gasteiger partial charge < -0.3 is 10.8 Å². The van der Waals surface area contributed by atoms with Crippen LogP contribution in [0, 0.1) is 11.3 Å². The Morgan fingerprint density at radius 1 is 1.73 bits per heavy atom. The predicted molar refractivity (Wildman–Crippen MR) is 55.6 cm³/mol. The van der Waals surface area contributed by atoms with Gasteiger partial charge in [-0.25, -0.2) is 0 Å². The number of carboxylic acids is 1. The molecule has 0 aliphatic heterocycles. The minimum absolute atomic E-state index is 0.411. The maximum atomic E-state index is 10.9. The molecule has 5 heteroatoms. The zero-order valence-corrected chi connectivity index (χ0v) is 8.75. The Kier molecular flexibility index (Phi) is 2.25. The molecule has 0 bridgehead atoms. The second-order valence-electron chi connectivity index (χ2n) is 3.78. The highest BCUT2D eigenvalue weighted by Crippen LogP contribution is 2.52. The first-order chi connectivity index (χ1) is 7.10. The lowest BCUT2D eigenvalue weighted by Crippen LogP contribution is -2.41. The molecule has 1 aliphatic rings. The molecule has 1 aromatic rings. The zero-order chi connectivity index (χ0) is 11.1. The number of nitrogens with two attached hydrogens (primary N) is 1. The van der Waals surface area contributed by atoms with Crippen molar-refractivity contribution in [3.8, 4) is 6.07 Å². The molecule has 0 radical (unpaired) electrons. The SMILES string of the molecule is N#Cc1csc(C2(C(N)C(=O)O)CC2)c1. The van der Waals surface area contributed by atoms with Crippen LogP contribution in [-0.2, 0) is 10.2 Å². The van der Waals surface area contributed by atoms with Gasteiger partial charge in [-0.15, -0.1) is 11.3 Å². The maximum Gasteiger partial charge on any atom is 0.321 e. The molecule has 1 fully saturated rings. The number of nitriles is 1. The summed E-state index contributed by atoms with van der Waals surface area (Å²) in [4.78, 5) is 11.8. The third-order valence-electron chi connectivity index (χ3n) is 2.87. The second kappa shape index (κ2) is 3.33. The number of rotatable bonds is 3. The fraction of sp³-hybridized carbons (Fsp3) is 0.400. The van der Waals surface area contributed by atoms with Crippen LogP contribution in [0.15, 0.2) is 11.4 Å². The highest BCUT2D eigenvalue weighted by molar-refractivity contribution is 7.10. The predicted octanol–water partition coefficient (Wildman–Crippen LogP) is 1.06. The van der Waals surface area contributed by atoms with Gasteiger partial charge in [-0.1, -0.05) is 0 Å². The number of carboxylic acid groups (broad SMARTS) is 1. The van der Waals surface area contributed by atoms with Gasteiger partial charge in [-0.3, -0.25) is 4.79 Å². The fourth-order valence-electron chi connectivity index (χ4n) is 1.74. The molecule has 0 spiro atoms. The molecule has 0 amide bonds. The topological polar surface area (TPSA) is 87.1 Å². The number of thiophene rings is 1. The first-order valence-corrected chi connectivity index (χ1v) is 5.45. The van der Waals surface area contributed by atoms with E-state index < -0.39 is 17.4 Å². The van der Waals surface area contributed by atoms with Crippen molar-refractivity contribution in [2.45, 2.75) is 24.3 Å². The maximum absolute atomic E-state index is 10.9. The summed E-state index contributed by atoms with van der Waals surface area (Å²) in [6.45, 7) is 0. The lowest BCUT2D eigenvalue weighted by molar-refractivity contribution is -0.139. The van der Waals surface area contributed by atoms with E-state index in [-0.39, 0.29) is 0 Å². The van der Waals surface area contributed by atoms with E-state index in [1.54, 1.807) is 11.4 Å². The van der Waals surface area contributed by atoms with Crippen LogP contribution in [0.4, 0.5) is 0 Å². The first kappa shape index (κ1) is 10.1. The Morgan fingerprint density at radius 2 is 2.40 bits per heavy atom.